The molecular weight excluding hydrogens is 628 g/mol. The average Bonchev–Trinajstić information content (AvgIpc) is 3.52. The summed E-state index contributed by atoms with van der Waals surface area (Å²) in [6, 6.07) is 16.2. The molecular formula is C35H37FN2O6S2. The number of hydrogen-bond donors (Lipinski definition) is 2. The van der Waals surface area contributed by atoms with E-state index in [2.05, 4.69) is 47.8 Å². The number of fused-ring (bicyclic) bond motifs is 2. The third-order valence-corrected chi connectivity index (χ3v) is 11.8. The molecule has 1 aromatic heterocycles. The summed E-state index contributed by atoms with van der Waals surface area (Å²) in [5.41, 5.74) is 3.32. The van der Waals surface area contributed by atoms with Crippen LogP contribution in [0.25, 0.3) is 21.7 Å². The number of sulfonamides is 1. The fraction of sp³-hybridized carbons (Fsp3) is 0.371. The van der Waals surface area contributed by atoms with E-state index in [0.717, 1.165) is 52.4 Å². The molecule has 0 amide bonds. The van der Waals surface area contributed by atoms with Gasteiger partial charge in [0.15, 0.2) is 5.03 Å². The van der Waals surface area contributed by atoms with Crippen molar-refractivity contribution in [2.45, 2.75) is 56.4 Å². The van der Waals surface area contributed by atoms with Crippen LogP contribution in [0.5, 0.6) is 11.5 Å². The Hall–Kier alpha value is -3.96. The Morgan fingerprint density at radius 2 is 1.63 bits per heavy atom. The third kappa shape index (κ3) is 6.22. The molecule has 0 saturated heterocycles. The number of thiazole rings is 1. The number of hydrogen-bond acceptors (Lipinski definition) is 7. The van der Waals surface area contributed by atoms with Crippen molar-refractivity contribution in [1.82, 2.24) is 4.98 Å². The number of ether oxygens (including phenoxy) is 2. The molecule has 2 fully saturated rings. The normalized spacial score (nSPS) is 22.7. The van der Waals surface area contributed by atoms with Gasteiger partial charge in [0.1, 0.15) is 22.3 Å². The molecule has 1 heterocycles. The van der Waals surface area contributed by atoms with Crippen LogP contribution in [0.4, 0.5) is 10.1 Å². The molecule has 242 valence electrons. The molecule has 0 spiro atoms. The van der Waals surface area contributed by atoms with Gasteiger partial charge in [-0.2, -0.15) is 8.42 Å². The van der Waals surface area contributed by atoms with E-state index in [1.807, 2.05) is 18.2 Å². The summed E-state index contributed by atoms with van der Waals surface area (Å²) in [6.07, 6.45) is 6.55. The van der Waals surface area contributed by atoms with Gasteiger partial charge in [-0.3, -0.25) is 4.72 Å². The topological polar surface area (TPSA) is 115 Å². The lowest BCUT2D eigenvalue weighted by Gasteiger charge is -2.47. The zero-order chi connectivity index (χ0) is 32.8. The molecule has 2 N–H and O–H groups in total. The molecule has 3 aromatic carbocycles. The molecule has 2 aliphatic rings. The summed E-state index contributed by atoms with van der Waals surface area (Å²) < 4.78 is 53.7. The van der Waals surface area contributed by atoms with Gasteiger partial charge in [-0.1, -0.05) is 44.2 Å². The predicted octanol–water partition coefficient (Wildman–Crippen LogP) is 8.24. The Morgan fingerprint density at radius 3 is 2.26 bits per heavy atom. The molecule has 11 heteroatoms. The van der Waals surface area contributed by atoms with Crippen LogP contribution < -0.4 is 14.2 Å². The van der Waals surface area contributed by atoms with Crippen LogP contribution >= 0.6 is 11.3 Å². The minimum absolute atomic E-state index is 0.142. The predicted molar refractivity (Wildman–Crippen MR) is 177 cm³/mol. The largest absolute Gasteiger partial charge is 0.496 e. The van der Waals surface area contributed by atoms with Crippen LogP contribution in [0.15, 0.2) is 65.0 Å². The van der Waals surface area contributed by atoms with Crippen molar-refractivity contribution in [2.75, 3.05) is 18.9 Å². The molecule has 0 radical (unpaired) electrons. The van der Waals surface area contributed by atoms with E-state index in [1.165, 1.54) is 50.2 Å². The first-order valence-corrected chi connectivity index (χ1v) is 17.6. The van der Waals surface area contributed by atoms with E-state index in [4.69, 9.17) is 14.6 Å². The molecule has 2 bridgehead atoms. The van der Waals surface area contributed by atoms with Gasteiger partial charge >= 0.3 is 5.97 Å². The lowest BCUT2D eigenvalue weighted by Crippen LogP contribution is -2.38. The highest BCUT2D eigenvalue weighted by atomic mass is 32.2. The molecule has 8 nitrogen and oxygen atoms in total. The molecule has 4 atom stereocenters. The summed E-state index contributed by atoms with van der Waals surface area (Å²) >= 11 is 1.14. The highest BCUT2D eigenvalue weighted by Crippen LogP contribution is 2.51. The average molecular weight is 665 g/mol. The maximum atomic E-state index is 14.3. The van der Waals surface area contributed by atoms with Gasteiger partial charge < -0.3 is 14.6 Å². The molecule has 46 heavy (non-hydrogen) atoms. The van der Waals surface area contributed by atoms with E-state index >= 15 is 0 Å². The number of rotatable bonds is 9. The lowest BCUT2D eigenvalue weighted by atomic mass is 9.57. The van der Waals surface area contributed by atoms with Gasteiger partial charge in [0, 0.05) is 22.6 Å². The van der Waals surface area contributed by atoms with E-state index in [0.29, 0.717) is 16.3 Å². The minimum atomic E-state index is -4.25. The molecule has 2 aliphatic carbocycles. The zero-order valence-corrected chi connectivity index (χ0v) is 27.8. The fourth-order valence-electron chi connectivity index (χ4n) is 7.62. The highest BCUT2D eigenvalue weighted by Gasteiger charge is 2.41. The molecule has 4 aromatic rings. The number of aromatic carboxylic acids is 1. The Bertz CT molecular complexity index is 1870. The van der Waals surface area contributed by atoms with Crippen LogP contribution in [-0.4, -0.2) is 38.7 Å². The quantitative estimate of drug-likeness (QED) is 0.185. The van der Waals surface area contributed by atoms with Crippen LogP contribution in [0.1, 0.15) is 61.9 Å². The van der Waals surface area contributed by atoms with Crippen LogP contribution in [0.2, 0.25) is 0 Å². The number of nitrogens with one attached hydrogen (secondary N) is 1. The second kappa shape index (κ2) is 12.3. The number of carboxylic acids is 1. The van der Waals surface area contributed by atoms with Gasteiger partial charge in [-0.25, -0.2) is 14.2 Å². The van der Waals surface area contributed by atoms with E-state index < -0.39 is 27.4 Å². The van der Waals surface area contributed by atoms with Gasteiger partial charge in [0.05, 0.1) is 25.5 Å². The second-order valence-electron chi connectivity index (χ2n) is 12.9. The first kappa shape index (κ1) is 32.0. The van der Waals surface area contributed by atoms with Crippen molar-refractivity contribution in [2.24, 2.45) is 17.8 Å². The number of halogens is 1. The standard InChI is InChI=1S/C35H37FN2O6S2/c1-20-11-21-13-22(12-20)18-35(2,17-21)25-8-5-23(6-9-25)26-10-7-24(14-30(26)43-3)33-37-32(19-45-33)46(41,42)38-29-16-28(36)27(34(39)40)15-31(29)44-4/h5-10,14-16,19-22,38H,11-13,17-18H2,1-4H3,(H,39,40)/t20?,21-,22+,35?. The summed E-state index contributed by atoms with van der Waals surface area (Å²) in [5, 5.41) is 10.7. The number of nitrogens with zero attached hydrogens (tertiary/aromatic N) is 1. The Balaban J connectivity index is 1.22. The molecule has 2 unspecified atom stereocenters. The van der Waals surface area contributed by atoms with Gasteiger partial charge in [-0.05, 0) is 84.6 Å². The van der Waals surface area contributed by atoms with Gasteiger partial charge in [0.2, 0.25) is 0 Å². The third-order valence-electron chi connectivity index (χ3n) is 9.48. The van der Waals surface area contributed by atoms with Crippen molar-refractivity contribution in [3.63, 3.8) is 0 Å². The number of anilines is 1. The van der Waals surface area contributed by atoms with Crippen molar-refractivity contribution < 1.29 is 32.2 Å². The van der Waals surface area contributed by atoms with Crippen molar-refractivity contribution in [1.29, 1.82) is 0 Å². The summed E-state index contributed by atoms with van der Waals surface area (Å²) in [4.78, 5) is 15.6. The van der Waals surface area contributed by atoms with Gasteiger partial charge in [0.25, 0.3) is 10.0 Å². The van der Waals surface area contributed by atoms with E-state index in [-0.39, 0.29) is 21.9 Å². The van der Waals surface area contributed by atoms with Crippen molar-refractivity contribution >= 4 is 33.0 Å². The lowest BCUT2D eigenvalue weighted by molar-refractivity contribution is 0.0691. The fourth-order valence-corrected chi connectivity index (χ4v) is 9.77. The molecule has 6 rings (SSSR count). The van der Waals surface area contributed by atoms with Crippen LogP contribution in [0.3, 0.4) is 0 Å². The van der Waals surface area contributed by atoms with E-state index in [1.54, 1.807) is 7.11 Å². The number of aromatic nitrogens is 1. The zero-order valence-electron chi connectivity index (χ0n) is 26.2. The number of carbonyl (C=O) groups is 1. The van der Waals surface area contributed by atoms with Crippen molar-refractivity contribution in [3.05, 3.63) is 76.9 Å². The maximum Gasteiger partial charge on any atom is 0.338 e. The Labute approximate surface area is 272 Å². The first-order chi connectivity index (χ1) is 21.9. The monoisotopic (exact) mass is 664 g/mol. The minimum Gasteiger partial charge on any atom is -0.496 e. The molecule has 0 aliphatic heterocycles. The summed E-state index contributed by atoms with van der Waals surface area (Å²) in [6.45, 7) is 4.82. The van der Waals surface area contributed by atoms with Crippen molar-refractivity contribution in [3.8, 4) is 33.2 Å². The maximum absolute atomic E-state index is 14.3. The second-order valence-corrected chi connectivity index (χ2v) is 15.4. The number of carboxylic acid groups (broad SMARTS) is 1. The highest BCUT2D eigenvalue weighted by molar-refractivity contribution is 7.92. The van der Waals surface area contributed by atoms with Gasteiger partial charge in [-0.15, -0.1) is 11.3 Å². The summed E-state index contributed by atoms with van der Waals surface area (Å²) in [7, 11) is -1.42. The Morgan fingerprint density at radius 1 is 0.978 bits per heavy atom. The smallest absolute Gasteiger partial charge is 0.338 e. The molecule has 2 saturated carbocycles. The number of methoxy groups -OCH3 is 2. The SMILES string of the molecule is COc1cc(C(=O)O)c(F)cc1NS(=O)(=O)c1csc(-c2ccc(-c3ccc(C4(C)C[C@@H]5CC(C)C[C@@H](C5)C4)cc3)c(OC)c2)n1. The number of benzene rings is 3. The van der Waals surface area contributed by atoms with Crippen LogP contribution in [0, 0.1) is 23.6 Å². The van der Waals surface area contributed by atoms with E-state index in [9.17, 15) is 17.6 Å². The first-order valence-electron chi connectivity index (χ1n) is 15.3. The van der Waals surface area contributed by atoms with Crippen LogP contribution in [-0.2, 0) is 15.4 Å². The Kier molecular flexibility index (Phi) is 8.58. The summed E-state index contributed by atoms with van der Waals surface area (Å²) in [5.74, 6) is 0.347.